The third-order valence-corrected chi connectivity index (χ3v) is 3.98. The molecule has 0 fully saturated rings. The number of aromatic nitrogens is 4. The molecule has 0 saturated carbocycles. The van der Waals surface area contributed by atoms with Crippen LogP contribution >= 0.6 is 11.6 Å². The molecule has 0 aliphatic heterocycles. The second-order valence-electron chi connectivity index (χ2n) is 5.54. The molecule has 0 unspecified atom stereocenters. The minimum atomic E-state index is 0.0927. The zero-order valence-electron chi connectivity index (χ0n) is 13.4. The molecule has 2 aromatic heterocycles. The number of rotatable bonds is 6. The average molecular weight is 347 g/mol. The van der Waals surface area contributed by atoms with Crippen molar-refractivity contribution in [1.29, 1.82) is 0 Å². The number of fused-ring (bicyclic) bond motifs is 1. The van der Waals surface area contributed by atoms with Crippen LogP contribution in [0.25, 0.3) is 11.0 Å². The maximum Gasteiger partial charge on any atom is 0.229 e. The predicted octanol–water partition coefficient (Wildman–Crippen LogP) is 1.99. The smallest absolute Gasteiger partial charge is 0.229 e. The molecule has 126 valence electrons. The number of hydrogen-bond donors (Lipinski definition) is 2. The van der Waals surface area contributed by atoms with E-state index in [1.54, 1.807) is 10.9 Å². The lowest BCUT2D eigenvalue weighted by atomic mass is 10.2. The first-order valence-electron chi connectivity index (χ1n) is 7.64. The molecule has 1 aromatic carbocycles. The lowest BCUT2D eigenvalue weighted by Gasteiger charge is -2.23. The standard InChI is InChI=1S/C16H19ClN6O/c1-22-15-13(9-19-22)14(18)20-16(21-15)23(6-3-7-24)10-11-4-2-5-12(17)8-11/h2,4-5,8-9,24H,3,6-7,10H2,1H3,(H2,18,20,21). The van der Waals surface area contributed by atoms with Gasteiger partial charge < -0.3 is 15.7 Å². The van der Waals surface area contributed by atoms with Gasteiger partial charge in [0.05, 0.1) is 11.6 Å². The summed E-state index contributed by atoms with van der Waals surface area (Å²) >= 11 is 6.07. The van der Waals surface area contributed by atoms with Gasteiger partial charge in [-0.15, -0.1) is 0 Å². The number of aliphatic hydroxyl groups excluding tert-OH is 1. The summed E-state index contributed by atoms with van der Waals surface area (Å²) in [5, 5.41) is 14.8. The minimum absolute atomic E-state index is 0.0927. The largest absolute Gasteiger partial charge is 0.396 e. The third kappa shape index (κ3) is 3.42. The number of nitrogen functional groups attached to an aromatic ring is 1. The topological polar surface area (TPSA) is 93.1 Å². The Bertz CT molecular complexity index is 850. The number of nitrogens with zero attached hydrogens (tertiary/aromatic N) is 5. The lowest BCUT2D eigenvalue weighted by Crippen LogP contribution is -2.27. The summed E-state index contributed by atoms with van der Waals surface area (Å²) in [6.07, 6.45) is 2.26. The Morgan fingerprint density at radius 3 is 2.92 bits per heavy atom. The van der Waals surface area contributed by atoms with Gasteiger partial charge in [-0.25, -0.2) is 0 Å². The van der Waals surface area contributed by atoms with Crippen LogP contribution in [0, 0.1) is 0 Å². The molecule has 0 aliphatic rings. The Morgan fingerprint density at radius 1 is 1.33 bits per heavy atom. The summed E-state index contributed by atoms with van der Waals surface area (Å²) in [5.41, 5.74) is 7.77. The Morgan fingerprint density at radius 2 is 2.17 bits per heavy atom. The third-order valence-electron chi connectivity index (χ3n) is 3.74. The number of nitrogens with two attached hydrogens (primary N) is 1. The fourth-order valence-electron chi connectivity index (χ4n) is 2.54. The van der Waals surface area contributed by atoms with Gasteiger partial charge in [0.1, 0.15) is 5.82 Å². The van der Waals surface area contributed by atoms with Crippen LogP contribution in [0.15, 0.2) is 30.5 Å². The lowest BCUT2D eigenvalue weighted by molar-refractivity contribution is 0.289. The van der Waals surface area contributed by atoms with Gasteiger partial charge >= 0.3 is 0 Å². The van der Waals surface area contributed by atoms with E-state index in [0.717, 1.165) is 10.9 Å². The second kappa shape index (κ2) is 7.02. The molecule has 2 heterocycles. The summed E-state index contributed by atoms with van der Waals surface area (Å²) < 4.78 is 1.67. The van der Waals surface area contributed by atoms with Crippen molar-refractivity contribution in [1.82, 2.24) is 19.7 Å². The Kier molecular flexibility index (Phi) is 4.82. The summed E-state index contributed by atoms with van der Waals surface area (Å²) in [4.78, 5) is 11.0. The van der Waals surface area contributed by atoms with Crippen LogP contribution in [-0.4, -0.2) is 38.0 Å². The van der Waals surface area contributed by atoms with Crippen molar-refractivity contribution in [2.75, 3.05) is 23.8 Å². The molecule has 3 aromatic rings. The number of halogens is 1. The first-order valence-corrected chi connectivity index (χ1v) is 8.01. The molecular formula is C16H19ClN6O. The van der Waals surface area contributed by atoms with Crippen LogP contribution in [0.3, 0.4) is 0 Å². The van der Waals surface area contributed by atoms with E-state index < -0.39 is 0 Å². The van der Waals surface area contributed by atoms with Crippen molar-refractivity contribution in [3.05, 3.63) is 41.0 Å². The molecule has 0 spiro atoms. The van der Waals surface area contributed by atoms with Gasteiger partial charge in [-0.2, -0.15) is 15.1 Å². The van der Waals surface area contributed by atoms with Crippen molar-refractivity contribution in [2.24, 2.45) is 7.05 Å². The first kappa shape index (κ1) is 16.5. The van der Waals surface area contributed by atoms with Crippen molar-refractivity contribution in [3.63, 3.8) is 0 Å². The highest BCUT2D eigenvalue weighted by molar-refractivity contribution is 6.30. The molecule has 0 atom stereocenters. The average Bonchev–Trinajstić information content (AvgIpc) is 2.93. The normalized spacial score (nSPS) is 11.1. The molecule has 0 aliphatic carbocycles. The van der Waals surface area contributed by atoms with Crippen molar-refractivity contribution >= 4 is 34.4 Å². The van der Waals surface area contributed by atoms with E-state index in [0.29, 0.717) is 41.9 Å². The van der Waals surface area contributed by atoms with E-state index >= 15 is 0 Å². The summed E-state index contributed by atoms with van der Waals surface area (Å²) in [7, 11) is 1.81. The molecule has 0 bridgehead atoms. The molecule has 0 saturated heterocycles. The van der Waals surface area contributed by atoms with Crippen LogP contribution in [0.1, 0.15) is 12.0 Å². The summed E-state index contributed by atoms with van der Waals surface area (Å²) in [5.74, 6) is 0.903. The predicted molar refractivity (Wildman–Crippen MR) is 94.9 cm³/mol. The Labute approximate surface area is 144 Å². The maximum atomic E-state index is 9.18. The highest BCUT2D eigenvalue weighted by atomic mass is 35.5. The van der Waals surface area contributed by atoms with Crippen molar-refractivity contribution in [3.8, 4) is 0 Å². The molecule has 0 amide bonds. The number of benzene rings is 1. The van der Waals surface area contributed by atoms with E-state index in [2.05, 4.69) is 15.1 Å². The molecule has 7 nitrogen and oxygen atoms in total. The van der Waals surface area contributed by atoms with Crippen molar-refractivity contribution in [2.45, 2.75) is 13.0 Å². The van der Waals surface area contributed by atoms with Gasteiger partial charge in [0.25, 0.3) is 0 Å². The number of anilines is 2. The monoisotopic (exact) mass is 346 g/mol. The van der Waals surface area contributed by atoms with E-state index in [4.69, 9.17) is 17.3 Å². The van der Waals surface area contributed by atoms with Crippen LogP contribution in [-0.2, 0) is 13.6 Å². The van der Waals surface area contributed by atoms with Crippen LogP contribution in [0.2, 0.25) is 5.02 Å². The summed E-state index contributed by atoms with van der Waals surface area (Å²) in [6, 6.07) is 7.63. The van der Waals surface area contributed by atoms with Crippen LogP contribution in [0.5, 0.6) is 0 Å². The molecule has 3 N–H and O–H groups in total. The first-order chi connectivity index (χ1) is 11.6. The van der Waals surface area contributed by atoms with Crippen LogP contribution in [0.4, 0.5) is 11.8 Å². The van der Waals surface area contributed by atoms with Gasteiger partial charge in [0, 0.05) is 31.8 Å². The van der Waals surface area contributed by atoms with Crippen LogP contribution < -0.4 is 10.6 Å². The van der Waals surface area contributed by atoms with Gasteiger partial charge in [0.2, 0.25) is 5.95 Å². The number of aliphatic hydroxyl groups is 1. The second-order valence-corrected chi connectivity index (χ2v) is 5.98. The number of aryl methyl sites for hydroxylation is 1. The van der Waals surface area contributed by atoms with Gasteiger partial charge in [-0.3, -0.25) is 4.68 Å². The van der Waals surface area contributed by atoms with Gasteiger partial charge in [-0.05, 0) is 24.1 Å². The van der Waals surface area contributed by atoms with Crippen molar-refractivity contribution < 1.29 is 5.11 Å². The van der Waals surface area contributed by atoms with E-state index in [1.165, 1.54) is 0 Å². The van der Waals surface area contributed by atoms with E-state index in [1.807, 2.05) is 36.2 Å². The fraction of sp³-hybridized carbons (Fsp3) is 0.312. The molecular weight excluding hydrogens is 328 g/mol. The maximum absolute atomic E-state index is 9.18. The van der Waals surface area contributed by atoms with Gasteiger partial charge in [-0.1, -0.05) is 23.7 Å². The fourth-order valence-corrected chi connectivity index (χ4v) is 2.75. The summed E-state index contributed by atoms with van der Waals surface area (Å²) in [6.45, 7) is 1.27. The minimum Gasteiger partial charge on any atom is -0.396 e. The number of hydrogen-bond acceptors (Lipinski definition) is 6. The molecule has 8 heteroatoms. The Hall–Kier alpha value is -2.38. The molecule has 3 rings (SSSR count). The SMILES string of the molecule is Cn1ncc2c(N)nc(N(CCCO)Cc3cccc(Cl)c3)nc21. The molecule has 24 heavy (non-hydrogen) atoms. The quantitative estimate of drug-likeness (QED) is 0.709. The zero-order valence-corrected chi connectivity index (χ0v) is 14.1. The molecule has 0 radical (unpaired) electrons. The Balaban J connectivity index is 1.97. The highest BCUT2D eigenvalue weighted by Gasteiger charge is 2.15. The van der Waals surface area contributed by atoms with Gasteiger partial charge in [0.15, 0.2) is 5.65 Å². The highest BCUT2D eigenvalue weighted by Crippen LogP contribution is 2.22. The van der Waals surface area contributed by atoms with E-state index in [-0.39, 0.29) is 6.61 Å². The zero-order chi connectivity index (χ0) is 17.1. The van der Waals surface area contributed by atoms with E-state index in [9.17, 15) is 5.11 Å².